The Morgan fingerprint density at radius 3 is 2.13 bits per heavy atom. The van der Waals surface area contributed by atoms with Gasteiger partial charge in [0.15, 0.2) is 0 Å². The van der Waals surface area contributed by atoms with E-state index in [0.717, 1.165) is 23.5 Å². The minimum atomic E-state index is -0.488. The highest BCUT2D eigenvalue weighted by Crippen LogP contribution is 2.47. The third-order valence-corrected chi connectivity index (χ3v) is 6.49. The summed E-state index contributed by atoms with van der Waals surface area (Å²) >= 11 is 0. The summed E-state index contributed by atoms with van der Waals surface area (Å²) in [4.78, 5) is 0. The number of benzene rings is 3. The largest absolute Gasteiger partial charge is 0.497 e. The zero-order valence-corrected chi connectivity index (χ0v) is 17.5. The van der Waals surface area contributed by atoms with Crippen LogP contribution >= 0.6 is 0 Å². The monoisotopic (exact) mass is 408 g/mol. The van der Waals surface area contributed by atoms with Crippen LogP contribution in [0.25, 0.3) is 0 Å². The molecule has 0 heterocycles. The highest BCUT2D eigenvalue weighted by molar-refractivity contribution is 5.44. The molecule has 0 bridgehead atoms. The predicted octanol–water partition coefficient (Wildman–Crippen LogP) is 6.28. The van der Waals surface area contributed by atoms with Crippen LogP contribution in [0.3, 0.4) is 0 Å². The van der Waals surface area contributed by atoms with Crippen LogP contribution in [0.4, 0.5) is 8.78 Å². The molecule has 1 aliphatic carbocycles. The molecule has 3 atom stereocenters. The molecule has 0 aliphatic heterocycles. The molecule has 0 fully saturated rings. The number of hydrogen-bond acceptors (Lipinski definition) is 2. The van der Waals surface area contributed by atoms with E-state index in [9.17, 15) is 8.78 Å². The summed E-state index contributed by atoms with van der Waals surface area (Å²) in [6, 6.07) is 18.3. The van der Waals surface area contributed by atoms with Crippen LogP contribution < -0.4 is 9.47 Å². The van der Waals surface area contributed by atoms with Crippen molar-refractivity contribution < 1.29 is 18.3 Å². The zero-order chi connectivity index (χ0) is 21.3. The van der Waals surface area contributed by atoms with Crippen molar-refractivity contribution in [1.82, 2.24) is 0 Å². The summed E-state index contributed by atoms with van der Waals surface area (Å²) < 4.78 is 39.7. The lowest BCUT2D eigenvalue weighted by Crippen LogP contribution is -2.28. The number of rotatable bonds is 5. The second-order valence-electron chi connectivity index (χ2n) is 8.02. The van der Waals surface area contributed by atoms with E-state index in [0.29, 0.717) is 6.42 Å². The van der Waals surface area contributed by atoms with Crippen LogP contribution in [0.5, 0.6) is 11.5 Å². The maximum absolute atomic E-state index is 14.5. The lowest BCUT2D eigenvalue weighted by atomic mass is 9.66. The number of ether oxygens (including phenoxy) is 2. The molecular weight excluding hydrogens is 382 g/mol. The standard InChI is InChI=1S/C26H26F2O2/c1-16-21(17-7-10-19(29-2)11-8-17)13-18-9-12-20(30-3)14-23(18)22(16)15-24-25(27)5-4-6-26(24)28/h4-12,14,16,21-22H,13,15H2,1-3H3. The molecule has 0 spiro atoms. The predicted molar refractivity (Wildman–Crippen MR) is 114 cm³/mol. The molecule has 4 heteroatoms. The van der Waals surface area contributed by atoms with Gasteiger partial charge in [-0.1, -0.05) is 31.2 Å². The van der Waals surface area contributed by atoms with Crippen molar-refractivity contribution in [3.8, 4) is 11.5 Å². The molecule has 156 valence electrons. The molecule has 30 heavy (non-hydrogen) atoms. The summed E-state index contributed by atoms with van der Waals surface area (Å²) in [5, 5.41) is 0. The molecule has 3 unspecified atom stereocenters. The number of methoxy groups -OCH3 is 2. The molecule has 0 N–H and O–H groups in total. The van der Waals surface area contributed by atoms with Crippen molar-refractivity contribution >= 4 is 0 Å². The maximum atomic E-state index is 14.5. The highest BCUT2D eigenvalue weighted by atomic mass is 19.1. The zero-order valence-electron chi connectivity index (χ0n) is 17.5. The Bertz CT molecular complexity index is 1010. The highest BCUT2D eigenvalue weighted by Gasteiger charge is 2.36. The second-order valence-corrected chi connectivity index (χ2v) is 8.02. The Balaban J connectivity index is 1.77. The van der Waals surface area contributed by atoms with E-state index in [1.54, 1.807) is 14.2 Å². The molecule has 4 rings (SSSR count). The molecule has 0 aromatic heterocycles. The average molecular weight is 408 g/mol. The van der Waals surface area contributed by atoms with Crippen molar-refractivity contribution in [2.75, 3.05) is 14.2 Å². The van der Waals surface area contributed by atoms with Crippen molar-refractivity contribution in [2.45, 2.75) is 31.6 Å². The van der Waals surface area contributed by atoms with Gasteiger partial charge in [-0.3, -0.25) is 0 Å². The normalized spacial score (nSPS) is 20.5. The van der Waals surface area contributed by atoms with Crippen LogP contribution in [0.15, 0.2) is 60.7 Å². The van der Waals surface area contributed by atoms with E-state index in [1.165, 1.54) is 29.3 Å². The Hall–Kier alpha value is -2.88. The minimum Gasteiger partial charge on any atom is -0.497 e. The summed E-state index contributed by atoms with van der Waals surface area (Å²) in [6.07, 6.45) is 1.19. The van der Waals surface area contributed by atoms with Crippen molar-refractivity contribution in [3.63, 3.8) is 0 Å². The SMILES string of the molecule is COc1ccc(C2Cc3ccc(OC)cc3C(Cc3c(F)cccc3F)C2C)cc1. The van der Waals surface area contributed by atoms with Gasteiger partial charge in [0.05, 0.1) is 14.2 Å². The Morgan fingerprint density at radius 2 is 1.50 bits per heavy atom. The average Bonchev–Trinajstić information content (AvgIpc) is 2.77. The number of halogens is 2. The fraction of sp³-hybridized carbons (Fsp3) is 0.308. The van der Waals surface area contributed by atoms with E-state index in [4.69, 9.17) is 9.47 Å². The summed E-state index contributed by atoms with van der Waals surface area (Å²) in [7, 11) is 3.29. The fourth-order valence-corrected chi connectivity index (χ4v) is 4.73. The van der Waals surface area contributed by atoms with E-state index >= 15 is 0 Å². The van der Waals surface area contributed by atoms with Gasteiger partial charge in [-0.2, -0.15) is 0 Å². The van der Waals surface area contributed by atoms with E-state index in [1.807, 2.05) is 24.3 Å². The van der Waals surface area contributed by atoms with Crippen LogP contribution in [0.1, 0.15) is 41.0 Å². The first kappa shape index (κ1) is 20.4. The van der Waals surface area contributed by atoms with Crippen molar-refractivity contribution in [3.05, 3.63) is 94.6 Å². The first-order chi connectivity index (χ1) is 14.5. The Morgan fingerprint density at radius 1 is 0.867 bits per heavy atom. The molecule has 2 nitrogen and oxygen atoms in total. The van der Waals surface area contributed by atoms with Crippen LogP contribution in [0, 0.1) is 17.6 Å². The van der Waals surface area contributed by atoms with Gasteiger partial charge in [-0.15, -0.1) is 0 Å². The van der Waals surface area contributed by atoms with Gasteiger partial charge in [-0.05, 0) is 83.7 Å². The van der Waals surface area contributed by atoms with E-state index in [-0.39, 0.29) is 23.3 Å². The molecule has 0 saturated heterocycles. The number of hydrogen-bond donors (Lipinski definition) is 0. The van der Waals surface area contributed by atoms with Crippen molar-refractivity contribution in [2.24, 2.45) is 5.92 Å². The molecule has 3 aromatic rings. The first-order valence-corrected chi connectivity index (χ1v) is 10.3. The quantitative estimate of drug-likeness (QED) is 0.494. The van der Waals surface area contributed by atoms with Gasteiger partial charge >= 0.3 is 0 Å². The molecular formula is C26H26F2O2. The molecule has 3 aromatic carbocycles. The minimum absolute atomic E-state index is 0.0256. The van der Waals surface area contributed by atoms with Gasteiger partial charge in [0.2, 0.25) is 0 Å². The molecule has 0 amide bonds. The number of fused-ring (bicyclic) bond motifs is 1. The van der Waals surface area contributed by atoms with Gasteiger partial charge < -0.3 is 9.47 Å². The lowest BCUT2D eigenvalue weighted by molar-refractivity contribution is 0.340. The van der Waals surface area contributed by atoms with Gasteiger partial charge in [-0.25, -0.2) is 8.78 Å². The van der Waals surface area contributed by atoms with Gasteiger partial charge in [0.1, 0.15) is 23.1 Å². The third kappa shape index (κ3) is 3.79. The first-order valence-electron chi connectivity index (χ1n) is 10.3. The lowest BCUT2D eigenvalue weighted by Gasteiger charge is -2.38. The molecule has 0 radical (unpaired) electrons. The summed E-state index contributed by atoms with van der Waals surface area (Å²) in [5.74, 6) is 1.02. The second kappa shape index (κ2) is 8.47. The maximum Gasteiger partial charge on any atom is 0.129 e. The summed E-state index contributed by atoms with van der Waals surface area (Å²) in [5.41, 5.74) is 3.69. The van der Waals surface area contributed by atoms with Crippen LogP contribution in [0.2, 0.25) is 0 Å². The van der Waals surface area contributed by atoms with E-state index in [2.05, 4.69) is 25.1 Å². The Labute approximate surface area is 176 Å². The fourth-order valence-electron chi connectivity index (χ4n) is 4.73. The topological polar surface area (TPSA) is 18.5 Å². The summed E-state index contributed by atoms with van der Waals surface area (Å²) in [6.45, 7) is 2.18. The molecule has 1 aliphatic rings. The van der Waals surface area contributed by atoms with Crippen LogP contribution in [-0.2, 0) is 12.8 Å². The smallest absolute Gasteiger partial charge is 0.129 e. The third-order valence-electron chi connectivity index (χ3n) is 6.49. The van der Waals surface area contributed by atoms with E-state index < -0.39 is 11.6 Å². The van der Waals surface area contributed by atoms with Gasteiger partial charge in [0.25, 0.3) is 0 Å². The van der Waals surface area contributed by atoms with Crippen LogP contribution in [-0.4, -0.2) is 14.2 Å². The van der Waals surface area contributed by atoms with Gasteiger partial charge in [0, 0.05) is 5.56 Å². The molecule has 0 saturated carbocycles. The van der Waals surface area contributed by atoms with Crippen molar-refractivity contribution in [1.29, 1.82) is 0 Å². The Kier molecular flexibility index (Phi) is 5.76.